The third-order valence-electron chi connectivity index (χ3n) is 9.08. The Bertz CT molecular complexity index is 838. The van der Waals surface area contributed by atoms with Crippen molar-refractivity contribution in [1.82, 2.24) is 0 Å². The molecule has 0 aromatic heterocycles. The molecule has 285 valence electrons. The summed E-state index contributed by atoms with van der Waals surface area (Å²) in [5, 5.41) is 0. The van der Waals surface area contributed by atoms with Crippen LogP contribution in [0.3, 0.4) is 0 Å². The summed E-state index contributed by atoms with van der Waals surface area (Å²) in [5.74, 6) is 0.860. The van der Waals surface area contributed by atoms with Crippen LogP contribution in [-0.4, -0.2) is 34.7 Å². The van der Waals surface area contributed by atoms with Crippen molar-refractivity contribution in [2.75, 3.05) is 0 Å². The first kappa shape index (κ1) is 54.9. The molecule has 0 N–H and O–H groups in total. The first-order valence-corrected chi connectivity index (χ1v) is 19.2. The Balaban J connectivity index is -0.000000307. The number of hydrogen-bond donors (Lipinski definition) is 0. The molecule has 0 aromatic rings. The fourth-order valence-electron chi connectivity index (χ4n) is 4.83. The van der Waals surface area contributed by atoms with Gasteiger partial charge in [-0.15, -0.1) is 0 Å². The molecule has 0 aliphatic heterocycles. The van der Waals surface area contributed by atoms with E-state index in [9.17, 15) is 28.8 Å². The Hall–Kier alpha value is -0.876. The zero-order chi connectivity index (χ0) is 38.3. The van der Waals surface area contributed by atoms with Crippen molar-refractivity contribution in [2.45, 2.75) is 200 Å². The van der Waals surface area contributed by atoms with Crippen LogP contribution in [0, 0.1) is 34.0 Å². The van der Waals surface area contributed by atoms with Crippen LogP contribution in [0.15, 0.2) is 0 Å². The summed E-state index contributed by atoms with van der Waals surface area (Å²) < 4.78 is 0. The Morgan fingerprint density at radius 3 is 0.694 bits per heavy atom. The van der Waals surface area contributed by atoms with Gasteiger partial charge in [0.05, 0.1) is 19.3 Å². The average Bonchev–Trinajstić information content (AvgIpc) is 2.97. The second kappa shape index (κ2) is 28.7. The molecule has 6 nitrogen and oxygen atoms in total. The smallest absolute Gasteiger partial charge is 0.145 e. The number of carbonyl (C=O) groups excluding carboxylic acids is 6. The van der Waals surface area contributed by atoms with Crippen molar-refractivity contribution in [1.29, 1.82) is 0 Å². The molecule has 3 unspecified atom stereocenters. The molecule has 0 aliphatic rings. The van der Waals surface area contributed by atoms with Crippen molar-refractivity contribution in [3.8, 4) is 0 Å². The van der Waals surface area contributed by atoms with Gasteiger partial charge in [-0.1, -0.05) is 142 Å². The maximum absolute atomic E-state index is 11.9. The van der Waals surface area contributed by atoms with E-state index >= 15 is 0 Å². The van der Waals surface area contributed by atoms with Crippen LogP contribution in [0.4, 0.5) is 0 Å². The molecule has 0 saturated heterocycles. The Kier molecular flexibility index (Phi) is 32.1. The van der Waals surface area contributed by atoms with Crippen molar-refractivity contribution in [3.63, 3.8) is 0 Å². The summed E-state index contributed by atoms with van der Waals surface area (Å²) in [7, 11) is 0. The molecule has 3 atom stereocenters. The van der Waals surface area contributed by atoms with E-state index in [0.29, 0.717) is 0 Å². The molecular formula is C42H78O6Y. The van der Waals surface area contributed by atoms with Gasteiger partial charge in [0, 0.05) is 66.7 Å². The third-order valence-corrected chi connectivity index (χ3v) is 9.08. The zero-order valence-corrected chi connectivity index (χ0v) is 37.7. The van der Waals surface area contributed by atoms with Crippen molar-refractivity contribution < 1.29 is 61.5 Å². The summed E-state index contributed by atoms with van der Waals surface area (Å²) in [6.07, 6.45) is 12.3. The molecule has 0 heterocycles. The number of hydrogen-bond acceptors (Lipinski definition) is 6. The van der Waals surface area contributed by atoms with Crippen LogP contribution >= 0.6 is 0 Å². The largest absolute Gasteiger partial charge is 0.299 e. The van der Waals surface area contributed by atoms with Gasteiger partial charge in [0.1, 0.15) is 34.7 Å². The Morgan fingerprint density at radius 2 is 0.571 bits per heavy atom. The van der Waals surface area contributed by atoms with Crippen LogP contribution in [0.1, 0.15) is 200 Å². The van der Waals surface area contributed by atoms with Gasteiger partial charge in [-0.3, -0.25) is 28.8 Å². The Labute approximate surface area is 328 Å². The third kappa shape index (κ3) is 27.4. The number of ketones is 6. The van der Waals surface area contributed by atoms with E-state index in [0.717, 1.165) is 77.0 Å². The molecule has 0 spiro atoms. The normalized spacial score (nSPS) is 13.3. The van der Waals surface area contributed by atoms with Crippen LogP contribution in [0.25, 0.3) is 0 Å². The predicted molar refractivity (Wildman–Crippen MR) is 202 cm³/mol. The van der Waals surface area contributed by atoms with Crippen molar-refractivity contribution >= 4 is 34.7 Å². The van der Waals surface area contributed by atoms with Gasteiger partial charge < -0.3 is 0 Å². The van der Waals surface area contributed by atoms with Crippen LogP contribution in [-0.2, 0) is 61.5 Å². The number of carbonyl (C=O) groups is 6. The minimum Gasteiger partial charge on any atom is -0.299 e. The second-order valence-electron chi connectivity index (χ2n) is 16.7. The molecule has 0 aromatic carbocycles. The van der Waals surface area contributed by atoms with Crippen molar-refractivity contribution in [3.05, 3.63) is 0 Å². The molecule has 49 heavy (non-hydrogen) atoms. The maximum atomic E-state index is 11.9. The van der Waals surface area contributed by atoms with Gasteiger partial charge in [0.15, 0.2) is 0 Å². The van der Waals surface area contributed by atoms with E-state index in [-0.39, 0.29) is 104 Å². The molecule has 0 fully saturated rings. The molecule has 0 saturated carbocycles. The second-order valence-corrected chi connectivity index (χ2v) is 16.7. The van der Waals surface area contributed by atoms with Gasteiger partial charge in [-0.05, 0) is 38.5 Å². The van der Waals surface area contributed by atoms with Crippen LogP contribution < -0.4 is 0 Å². The average molecular weight is 768 g/mol. The van der Waals surface area contributed by atoms with Gasteiger partial charge >= 0.3 is 0 Å². The number of rotatable bonds is 21. The molecule has 0 bridgehead atoms. The summed E-state index contributed by atoms with van der Waals surface area (Å²) in [5.41, 5.74) is -1.17. The zero-order valence-electron chi connectivity index (χ0n) is 34.9. The summed E-state index contributed by atoms with van der Waals surface area (Å²) in [6, 6.07) is 0. The molecule has 7 heteroatoms. The van der Waals surface area contributed by atoms with E-state index in [4.69, 9.17) is 0 Å². The first-order valence-electron chi connectivity index (χ1n) is 19.2. The maximum Gasteiger partial charge on any atom is 0.145 e. The van der Waals surface area contributed by atoms with Crippen molar-refractivity contribution in [2.24, 2.45) is 34.0 Å². The predicted octanol–water partition coefficient (Wildman–Crippen LogP) is 11.3. The topological polar surface area (TPSA) is 102 Å². The van der Waals surface area contributed by atoms with E-state index in [1.807, 2.05) is 83.1 Å². The quantitative estimate of drug-likeness (QED) is 0.108. The summed E-state index contributed by atoms with van der Waals surface area (Å²) >= 11 is 0. The molecule has 0 rings (SSSR count). The molecular weight excluding hydrogens is 689 g/mol. The summed E-state index contributed by atoms with van der Waals surface area (Å²) in [4.78, 5) is 71.0. The monoisotopic (exact) mass is 767 g/mol. The number of unbranched alkanes of at least 4 members (excludes halogenated alkanes) is 3. The summed E-state index contributed by atoms with van der Waals surface area (Å²) in [6.45, 7) is 29.3. The van der Waals surface area contributed by atoms with E-state index in [2.05, 4.69) is 20.8 Å². The Morgan fingerprint density at radius 1 is 0.388 bits per heavy atom. The fourth-order valence-corrected chi connectivity index (χ4v) is 4.83. The number of Topliss-reactive ketones (excluding diaryl/α,β-unsaturated/α-hetero) is 6. The fraction of sp³-hybridized carbons (Fsp3) is 0.857. The van der Waals surface area contributed by atoms with Crippen LogP contribution in [0.2, 0.25) is 0 Å². The standard InChI is InChI=1S/3C14H26O2.Y/c3*1-6-8-9-11(7-2)12(15)10-13(16)14(3,4)5;/h3*11H,6-10H2,1-5H3;. The van der Waals surface area contributed by atoms with Crippen LogP contribution in [0.5, 0.6) is 0 Å². The van der Waals surface area contributed by atoms with Gasteiger partial charge in [-0.2, -0.15) is 0 Å². The molecule has 1 radical (unpaired) electrons. The van der Waals surface area contributed by atoms with Gasteiger partial charge in [0.2, 0.25) is 0 Å². The molecule has 0 aliphatic carbocycles. The van der Waals surface area contributed by atoms with E-state index < -0.39 is 16.2 Å². The first-order chi connectivity index (χ1) is 22.0. The van der Waals surface area contributed by atoms with Gasteiger partial charge in [-0.25, -0.2) is 0 Å². The SMILES string of the molecule is CCCCC(CC)C(=O)CC(=O)C(C)(C)C.CCCCC(CC)C(=O)CC(=O)C(C)(C)C.CCCCC(CC)C(=O)CC(=O)C(C)(C)C.[Y]. The van der Waals surface area contributed by atoms with E-state index in [1.54, 1.807) is 0 Å². The van der Waals surface area contributed by atoms with E-state index in [1.165, 1.54) is 0 Å². The minimum absolute atomic E-state index is 0. The minimum atomic E-state index is -0.390. The molecule has 0 amide bonds. The van der Waals surface area contributed by atoms with Gasteiger partial charge in [0.25, 0.3) is 0 Å².